The van der Waals surface area contributed by atoms with Crippen molar-refractivity contribution in [1.29, 1.82) is 0 Å². The first-order valence-electron chi connectivity index (χ1n) is 6.74. The van der Waals surface area contributed by atoms with Crippen molar-refractivity contribution >= 4 is 29.2 Å². The largest absolute Gasteiger partial charge is 0.506 e. The number of carbonyl (C=O) groups excluding carboxylic acids is 2. The van der Waals surface area contributed by atoms with E-state index in [1.54, 1.807) is 12.1 Å². The smallest absolute Gasteiger partial charge is 0.335 e. The zero-order valence-electron chi connectivity index (χ0n) is 11.8. The fourth-order valence-electron chi connectivity index (χ4n) is 2.33. The number of phenols is 1. The molecule has 2 amide bonds. The number of hydrogen-bond acceptors (Lipinski definition) is 4. The highest BCUT2D eigenvalue weighted by Gasteiger charge is 2.19. The van der Waals surface area contributed by atoms with E-state index in [9.17, 15) is 19.5 Å². The fourth-order valence-corrected chi connectivity index (χ4v) is 2.33. The molecule has 116 valence electrons. The molecule has 0 radical (unpaired) electrons. The van der Waals surface area contributed by atoms with Gasteiger partial charge >= 0.3 is 5.97 Å². The molecule has 0 atom stereocenters. The second-order valence-corrected chi connectivity index (χ2v) is 5.09. The van der Waals surface area contributed by atoms with E-state index in [1.165, 1.54) is 24.3 Å². The first-order valence-corrected chi connectivity index (χ1v) is 6.74. The zero-order valence-corrected chi connectivity index (χ0v) is 11.8. The SMILES string of the molecule is O=C1Cc2cc(C(=O)Nc3cc(C(=O)O)ccc3O)ccc2N1. The molecule has 7 nitrogen and oxygen atoms in total. The van der Waals surface area contributed by atoms with E-state index in [0.717, 1.165) is 0 Å². The van der Waals surface area contributed by atoms with Crippen LogP contribution in [0.25, 0.3) is 0 Å². The van der Waals surface area contributed by atoms with Gasteiger partial charge in [-0.2, -0.15) is 0 Å². The van der Waals surface area contributed by atoms with Crippen molar-refractivity contribution in [2.75, 3.05) is 10.6 Å². The molecule has 0 unspecified atom stereocenters. The summed E-state index contributed by atoms with van der Waals surface area (Å²) in [6.07, 6.45) is 0.205. The average molecular weight is 312 g/mol. The highest BCUT2D eigenvalue weighted by atomic mass is 16.4. The molecule has 0 aromatic heterocycles. The number of aromatic carboxylic acids is 1. The molecule has 3 rings (SSSR count). The van der Waals surface area contributed by atoms with Crippen LogP contribution in [-0.4, -0.2) is 28.0 Å². The number of phenolic OH excluding ortho intramolecular Hbond substituents is 1. The normalized spacial score (nSPS) is 12.4. The lowest BCUT2D eigenvalue weighted by Crippen LogP contribution is -2.13. The highest BCUT2D eigenvalue weighted by Crippen LogP contribution is 2.27. The molecule has 23 heavy (non-hydrogen) atoms. The van der Waals surface area contributed by atoms with Crippen molar-refractivity contribution in [1.82, 2.24) is 0 Å². The summed E-state index contributed by atoms with van der Waals surface area (Å²) in [5, 5.41) is 23.8. The van der Waals surface area contributed by atoms with Crippen LogP contribution in [0.2, 0.25) is 0 Å². The van der Waals surface area contributed by atoms with Crippen molar-refractivity contribution in [3.8, 4) is 5.75 Å². The van der Waals surface area contributed by atoms with Gasteiger partial charge in [0.15, 0.2) is 0 Å². The minimum atomic E-state index is -1.16. The molecular formula is C16H12N2O5. The van der Waals surface area contributed by atoms with E-state index in [-0.39, 0.29) is 29.3 Å². The van der Waals surface area contributed by atoms with Crippen LogP contribution in [0.1, 0.15) is 26.3 Å². The van der Waals surface area contributed by atoms with Crippen molar-refractivity contribution in [3.63, 3.8) is 0 Å². The molecule has 1 heterocycles. The van der Waals surface area contributed by atoms with Gasteiger partial charge in [0.05, 0.1) is 17.7 Å². The lowest BCUT2D eigenvalue weighted by molar-refractivity contribution is -0.115. The van der Waals surface area contributed by atoms with Crippen molar-refractivity contribution in [3.05, 3.63) is 53.1 Å². The minimum absolute atomic E-state index is 0.00426. The second kappa shape index (κ2) is 5.45. The number of amides is 2. The Morgan fingerprint density at radius 2 is 1.83 bits per heavy atom. The maximum absolute atomic E-state index is 12.3. The molecule has 0 saturated carbocycles. The lowest BCUT2D eigenvalue weighted by Gasteiger charge is -2.09. The van der Waals surface area contributed by atoms with E-state index in [0.29, 0.717) is 16.8 Å². The third kappa shape index (κ3) is 2.84. The first-order chi connectivity index (χ1) is 10.9. The van der Waals surface area contributed by atoms with Gasteiger partial charge in [0, 0.05) is 11.3 Å². The summed E-state index contributed by atoms with van der Waals surface area (Å²) < 4.78 is 0. The van der Waals surface area contributed by atoms with Gasteiger partial charge in [-0.05, 0) is 42.0 Å². The Morgan fingerprint density at radius 1 is 1.09 bits per heavy atom. The molecule has 2 aromatic rings. The van der Waals surface area contributed by atoms with Gasteiger partial charge in [-0.1, -0.05) is 0 Å². The summed E-state index contributed by atoms with van der Waals surface area (Å²) >= 11 is 0. The number of aromatic hydroxyl groups is 1. The van der Waals surface area contributed by atoms with E-state index < -0.39 is 11.9 Å². The number of carbonyl (C=O) groups is 3. The third-order valence-corrected chi connectivity index (χ3v) is 3.48. The van der Waals surface area contributed by atoms with Gasteiger partial charge in [-0.15, -0.1) is 0 Å². The van der Waals surface area contributed by atoms with Crippen LogP contribution in [0.15, 0.2) is 36.4 Å². The van der Waals surface area contributed by atoms with Crippen LogP contribution in [0.3, 0.4) is 0 Å². The predicted octanol–water partition coefficient (Wildman–Crippen LogP) is 1.84. The maximum Gasteiger partial charge on any atom is 0.335 e. The number of benzene rings is 2. The summed E-state index contributed by atoms with van der Waals surface area (Å²) in [4.78, 5) is 34.5. The van der Waals surface area contributed by atoms with E-state index >= 15 is 0 Å². The standard InChI is InChI=1S/C16H12N2O5/c19-13-4-2-9(16(22)23)6-12(13)18-15(21)8-1-3-11-10(5-8)7-14(20)17-11/h1-6,19H,7H2,(H,17,20)(H,18,21)(H,22,23). The van der Waals surface area contributed by atoms with Crippen LogP contribution in [0, 0.1) is 0 Å². The molecule has 0 bridgehead atoms. The van der Waals surface area contributed by atoms with Gasteiger partial charge in [0.2, 0.25) is 5.91 Å². The minimum Gasteiger partial charge on any atom is -0.506 e. The van der Waals surface area contributed by atoms with Gasteiger partial charge in [0.1, 0.15) is 5.75 Å². The number of anilines is 2. The molecule has 0 aliphatic carbocycles. The van der Waals surface area contributed by atoms with Crippen LogP contribution < -0.4 is 10.6 Å². The molecule has 1 aliphatic heterocycles. The lowest BCUT2D eigenvalue weighted by atomic mass is 10.1. The van der Waals surface area contributed by atoms with Crippen LogP contribution in [0.5, 0.6) is 5.75 Å². The summed E-state index contributed by atoms with van der Waals surface area (Å²) in [7, 11) is 0. The first kappa shape index (κ1) is 14.6. The van der Waals surface area contributed by atoms with Gasteiger partial charge in [-0.25, -0.2) is 4.79 Å². The molecule has 0 fully saturated rings. The monoisotopic (exact) mass is 312 g/mol. The van der Waals surface area contributed by atoms with Crippen molar-refractivity contribution in [2.45, 2.75) is 6.42 Å². The maximum atomic E-state index is 12.3. The van der Waals surface area contributed by atoms with E-state index in [1.807, 2.05) is 0 Å². The van der Waals surface area contributed by atoms with E-state index in [4.69, 9.17) is 5.11 Å². The van der Waals surface area contributed by atoms with Crippen LogP contribution in [-0.2, 0) is 11.2 Å². The summed E-state index contributed by atoms with van der Waals surface area (Å²) in [5.41, 5.74) is 1.64. The average Bonchev–Trinajstić information content (AvgIpc) is 2.88. The van der Waals surface area contributed by atoms with Crippen LogP contribution in [0.4, 0.5) is 11.4 Å². The summed E-state index contributed by atoms with van der Waals surface area (Å²) in [6, 6.07) is 8.36. The molecule has 2 aromatic carbocycles. The molecule has 4 N–H and O–H groups in total. The Balaban J connectivity index is 1.85. The Bertz CT molecular complexity index is 844. The number of carboxylic acids is 1. The number of rotatable bonds is 3. The molecular weight excluding hydrogens is 300 g/mol. The number of hydrogen-bond donors (Lipinski definition) is 4. The highest BCUT2D eigenvalue weighted by molar-refractivity contribution is 6.07. The second-order valence-electron chi connectivity index (χ2n) is 5.09. The van der Waals surface area contributed by atoms with Gasteiger partial charge < -0.3 is 20.8 Å². The van der Waals surface area contributed by atoms with E-state index in [2.05, 4.69) is 10.6 Å². The predicted molar refractivity (Wildman–Crippen MR) is 81.8 cm³/mol. The Morgan fingerprint density at radius 3 is 2.57 bits per heavy atom. The van der Waals surface area contributed by atoms with Gasteiger partial charge in [-0.3, -0.25) is 9.59 Å². The molecule has 1 aliphatic rings. The number of nitrogens with one attached hydrogen (secondary N) is 2. The molecule has 7 heteroatoms. The fraction of sp³-hybridized carbons (Fsp3) is 0.0625. The quantitative estimate of drug-likeness (QED) is 0.645. The summed E-state index contributed by atoms with van der Waals surface area (Å²) in [5.74, 6) is -2.04. The number of carboxylic acid groups (broad SMARTS) is 1. The third-order valence-electron chi connectivity index (χ3n) is 3.48. The van der Waals surface area contributed by atoms with Crippen molar-refractivity contribution < 1.29 is 24.6 Å². The Kier molecular flexibility index (Phi) is 3.46. The molecule has 0 spiro atoms. The zero-order chi connectivity index (χ0) is 16.6. The van der Waals surface area contributed by atoms with Crippen LogP contribution >= 0.6 is 0 Å². The Labute approximate surface area is 130 Å². The summed E-state index contributed by atoms with van der Waals surface area (Å²) in [6.45, 7) is 0. The van der Waals surface area contributed by atoms with Gasteiger partial charge in [0.25, 0.3) is 5.91 Å². The number of fused-ring (bicyclic) bond motifs is 1. The molecule has 0 saturated heterocycles. The van der Waals surface area contributed by atoms with Crippen molar-refractivity contribution in [2.24, 2.45) is 0 Å². The topological polar surface area (TPSA) is 116 Å². The Hall–Kier alpha value is -3.35.